The average Bonchev–Trinajstić information content (AvgIpc) is 3.07. The van der Waals surface area contributed by atoms with Gasteiger partial charge in [-0.2, -0.15) is 0 Å². The zero-order valence-electron chi connectivity index (χ0n) is 18.1. The molecule has 1 aromatic carbocycles. The Labute approximate surface area is 187 Å². The van der Waals surface area contributed by atoms with Gasteiger partial charge in [0.1, 0.15) is 5.00 Å². The molecule has 3 rings (SSSR count). The smallest absolute Gasteiger partial charge is 0.251 e. The molecular weight excluding hydrogens is 412 g/mol. The summed E-state index contributed by atoms with van der Waals surface area (Å²) in [6.07, 6.45) is 4.65. The molecule has 31 heavy (non-hydrogen) atoms. The number of thiophene rings is 1. The number of nitrogens with one attached hydrogen (secondary N) is 2. The standard InChI is InChI=1S/C23H30N4O3S/c1-3-12-27(13-19(28)25-17-10-6-4-8-15(17)2)14-20(29)26-23-21(22(24)30)16-9-5-7-11-18(16)31-23/h4,6,8,10H,3,5,7,9,11-14H2,1-2H3,(H2,24,30)(H,25,28)(H,26,29). The van der Waals surface area contributed by atoms with E-state index in [1.165, 1.54) is 11.3 Å². The fourth-order valence-corrected chi connectivity index (χ4v) is 5.23. The number of anilines is 2. The van der Waals surface area contributed by atoms with Crippen LogP contribution in [0.15, 0.2) is 24.3 Å². The van der Waals surface area contributed by atoms with Crippen LogP contribution < -0.4 is 16.4 Å². The van der Waals surface area contributed by atoms with Gasteiger partial charge < -0.3 is 16.4 Å². The highest BCUT2D eigenvalue weighted by Crippen LogP contribution is 2.37. The van der Waals surface area contributed by atoms with Crippen LogP contribution in [0.25, 0.3) is 0 Å². The molecule has 3 amide bonds. The molecular formula is C23H30N4O3S. The maximum absolute atomic E-state index is 12.7. The van der Waals surface area contributed by atoms with Crippen LogP contribution in [0.4, 0.5) is 10.7 Å². The molecule has 1 aromatic heterocycles. The molecule has 8 heteroatoms. The molecule has 1 aliphatic carbocycles. The molecule has 166 valence electrons. The number of carbonyl (C=O) groups is 3. The Morgan fingerprint density at radius 1 is 1.06 bits per heavy atom. The molecule has 0 unspecified atom stereocenters. The number of hydrogen-bond donors (Lipinski definition) is 3. The summed E-state index contributed by atoms with van der Waals surface area (Å²) < 4.78 is 0. The van der Waals surface area contributed by atoms with E-state index in [-0.39, 0.29) is 24.9 Å². The van der Waals surface area contributed by atoms with Crippen molar-refractivity contribution in [3.05, 3.63) is 45.8 Å². The van der Waals surface area contributed by atoms with Crippen LogP contribution in [0.2, 0.25) is 0 Å². The van der Waals surface area contributed by atoms with Crippen LogP contribution in [-0.2, 0) is 22.4 Å². The van der Waals surface area contributed by atoms with Gasteiger partial charge in [-0.15, -0.1) is 11.3 Å². The Balaban J connectivity index is 1.64. The number of hydrogen-bond acceptors (Lipinski definition) is 5. The summed E-state index contributed by atoms with van der Waals surface area (Å²) in [7, 11) is 0. The van der Waals surface area contributed by atoms with Crippen molar-refractivity contribution in [2.45, 2.75) is 46.0 Å². The molecule has 0 radical (unpaired) electrons. The Hall–Kier alpha value is -2.71. The van der Waals surface area contributed by atoms with Crippen LogP contribution in [0.3, 0.4) is 0 Å². The summed E-state index contributed by atoms with van der Waals surface area (Å²) in [5.41, 5.74) is 8.80. The molecule has 0 fully saturated rings. The van der Waals surface area contributed by atoms with Crippen molar-refractivity contribution in [2.75, 3.05) is 30.3 Å². The molecule has 1 heterocycles. The summed E-state index contributed by atoms with van der Waals surface area (Å²) in [5.74, 6) is -0.920. The lowest BCUT2D eigenvalue weighted by atomic mass is 9.95. The first-order valence-corrected chi connectivity index (χ1v) is 11.5. The van der Waals surface area contributed by atoms with E-state index in [1.54, 1.807) is 4.90 Å². The number of para-hydroxylation sites is 1. The Morgan fingerprint density at radius 2 is 1.74 bits per heavy atom. The van der Waals surface area contributed by atoms with Gasteiger partial charge in [0.2, 0.25) is 11.8 Å². The predicted molar refractivity (Wildman–Crippen MR) is 125 cm³/mol. The van der Waals surface area contributed by atoms with E-state index < -0.39 is 5.91 Å². The summed E-state index contributed by atoms with van der Waals surface area (Å²) in [5, 5.41) is 6.32. The number of nitrogens with two attached hydrogens (primary N) is 1. The van der Waals surface area contributed by atoms with Gasteiger partial charge in [0.25, 0.3) is 5.91 Å². The van der Waals surface area contributed by atoms with Gasteiger partial charge in [0.05, 0.1) is 18.7 Å². The van der Waals surface area contributed by atoms with E-state index in [2.05, 4.69) is 10.6 Å². The quantitative estimate of drug-likeness (QED) is 0.554. The third kappa shape index (κ3) is 5.92. The lowest BCUT2D eigenvalue weighted by molar-refractivity contribution is -0.120. The second-order valence-corrected chi connectivity index (χ2v) is 9.01. The van der Waals surface area contributed by atoms with Crippen molar-refractivity contribution in [1.82, 2.24) is 4.90 Å². The van der Waals surface area contributed by atoms with E-state index >= 15 is 0 Å². The number of amides is 3. The van der Waals surface area contributed by atoms with Crippen LogP contribution >= 0.6 is 11.3 Å². The van der Waals surface area contributed by atoms with Crippen LogP contribution in [-0.4, -0.2) is 42.3 Å². The van der Waals surface area contributed by atoms with Crippen molar-refractivity contribution in [3.8, 4) is 0 Å². The second-order valence-electron chi connectivity index (χ2n) is 7.90. The lowest BCUT2D eigenvalue weighted by Crippen LogP contribution is -2.39. The fraction of sp³-hybridized carbons (Fsp3) is 0.435. The molecule has 4 N–H and O–H groups in total. The van der Waals surface area contributed by atoms with Crippen LogP contribution in [0.1, 0.15) is 52.5 Å². The molecule has 0 bridgehead atoms. The van der Waals surface area contributed by atoms with E-state index in [4.69, 9.17) is 5.73 Å². The highest BCUT2D eigenvalue weighted by molar-refractivity contribution is 7.17. The zero-order valence-corrected chi connectivity index (χ0v) is 18.9. The Morgan fingerprint density at radius 3 is 2.42 bits per heavy atom. The van der Waals surface area contributed by atoms with Crippen LogP contribution in [0, 0.1) is 6.92 Å². The van der Waals surface area contributed by atoms with Gasteiger partial charge in [0, 0.05) is 10.6 Å². The van der Waals surface area contributed by atoms with Gasteiger partial charge in [-0.1, -0.05) is 25.1 Å². The molecule has 7 nitrogen and oxygen atoms in total. The van der Waals surface area contributed by atoms with E-state index in [0.29, 0.717) is 17.1 Å². The molecule has 0 spiro atoms. The monoisotopic (exact) mass is 442 g/mol. The molecule has 0 saturated carbocycles. The lowest BCUT2D eigenvalue weighted by Gasteiger charge is -2.21. The van der Waals surface area contributed by atoms with Gasteiger partial charge in [-0.3, -0.25) is 19.3 Å². The summed E-state index contributed by atoms with van der Waals surface area (Å²) in [6, 6.07) is 7.58. The summed E-state index contributed by atoms with van der Waals surface area (Å²) >= 11 is 1.45. The average molecular weight is 443 g/mol. The van der Waals surface area contributed by atoms with Gasteiger partial charge in [0.15, 0.2) is 0 Å². The predicted octanol–water partition coefficient (Wildman–Crippen LogP) is 3.32. The van der Waals surface area contributed by atoms with Gasteiger partial charge in [-0.05, 0) is 62.8 Å². The molecule has 2 aromatic rings. The minimum Gasteiger partial charge on any atom is -0.365 e. The number of primary amides is 1. The first-order valence-electron chi connectivity index (χ1n) is 10.7. The van der Waals surface area contributed by atoms with E-state index in [0.717, 1.165) is 53.8 Å². The normalized spacial score (nSPS) is 13.0. The molecule has 0 atom stereocenters. The second kappa shape index (κ2) is 10.5. The first-order chi connectivity index (χ1) is 14.9. The van der Waals surface area contributed by atoms with Gasteiger partial charge >= 0.3 is 0 Å². The molecule has 0 aliphatic heterocycles. The molecule has 0 saturated heterocycles. The number of fused-ring (bicyclic) bond motifs is 1. The largest absolute Gasteiger partial charge is 0.365 e. The van der Waals surface area contributed by atoms with E-state index in [1.807, 2.05) is 38.1 Å². The third-order valence-electron chi connectivity index (χ3n) is 5.36. The zero-order chi connectivity index (χ0) is 22.4. The SMILES string of the molecule is CCCN(CC(=O)Nc1ccccc1C)CC(=O)Nc1sc2c(c1C(N)=O)CCCC2. The number of rotatable bonds is 9. The highest BCUT2D eigenvalue weighted by atomic mass is 32.1. The van der Waals surface area contributed by atoms with Crippen molar-refractivity contribution >= 4 is 39.7 Å². The maximum Gasteiger partial charge on any atom is 0.251 e. The van der Waals surface area contributed by atoms with E-state index in [9.17, 15) is 14.4 Å². The number of nitrogens with zero attached hydrogens (tertiary/aromatic N) is 1. The van der Waals surface area contributed by atoms with Gasteiger partial charge in [-0.25, -0.2) is 0 Å². The Kier molecular flexibility index (Phi) is 7.81. The fourth-order valence-electron chi connectivity index (χ4n) is 3.92. The van der Waals surface area contributed by atoms with Crippen molar-refractivity contribution in [2.24, 2.45) is 5.73 Å². The molecule has 1 aliphatic rings. The number of aryl methyl sites for hydroxylation is 2. The van der Waals surface area contributed by atoms with Crippen molar-refractivity contribution in [1.29, 1.82) is 0 Å². The highest BCUT2D eigenvalue weighted by Gasteiger charge is 2.25. The van der Waals surface area contributed by atoms with Crippen molar-refractivity contribution < 1.29 is 14.4 Å². The Bertz CT molecular complexity index is 970. The number of benzene rings is 1. The number of carbonyl (C=O) groups excluding carboxylic acids is 3. The maximum atomic E-state index is 12.7. The minimum atomic E-state index is -0.502. The summed E-state index contributed by atoms with van der Waals surface area (Å²) in [4.78, 5) is 40.2. The minimum absolute atomic E-state index is 0.0653. The third-order valence-corrected chi connectivity index (χ3v) is 6.57. The van der Waals surface area contributed by atoms with Crippen LogP contribution in [0.5, 0.6) is 0 Å². The summed E-state index contributed by atoms with van der Waals surface area (Å²) in [6.45, 7) is 4.72. The van der Waals surface area contributed by atoms with Crippen molar-refractivity contribution in [3.63, 3.8) is 0 Å². The first kappa shape index (κ1) is 23.0. The topological polar surface area (TPSA) is 105 Å².